The van der Waals surface area contributed by atoms with E-state index in [1.54, 1.807) is 24.3 Å². The molecule has 23 heavy (non-hydrogen) atoms. The van der Waals surface area contributed by atoms with Crippen LogP contribution < -0.4 is 16.0 Å². The minimum Gasteiger partial charge on any atom is -0.350 e. The molecule has 4 amide bonds. The average Bonchev–Trinajstić information content (AvgIpc) is 2.84. The number of nitrogens with one attached hydrogen (secondary N) is 3. The number of halogens is 1. The van der Waals surface area contributed by atoms with Crippen LogP contribution in [0.3, 0.4) is 0 Å². The van der Waals surface area contributed by atoms with Crippen LogP contribution >= 0.6 is 12.4 Å². The number of benzene rings is 1. The van der Waals surface area contributed by atoms with Gasteiger partial charge in [-0.15, -0.1) is 12.4 Å². The van der Waals surface area contributed by atoms with Crippen LogP contribution in [0, 0.1) is 0 Å². The second-order valence-electron chi connectivity index (χ2n) is 5.24. The lowest BCUT2D eigenvalue weighted by Crippen LogP contribution is -2.37. The first kappa shape index (κ1) is 18.9. The van der Waals surface area contributed by atoms with Crippen molar-refractivity contribution >= 4 is 30.3 Å². The third-order valence-electron chi connectivity index (χ3n) is 3.53. The zero-order valence-corrected chi connectivity index (χ0v) is 13.9. The van der Waals surface area contributed by atoms with Crippen LogP contribution in [0.5, 0.6) is 0 Å². The van der Waals surface area contributed by atoms with E-state index in [0.717, 1.165) is 10.5 Å². The molecular weight excluding hydrogens is 320 g/mol. The SMILES string of the molecule is CNC(C)CNC(=O)c1cccc(CN2C(=O)CNC2=O)c1.Cl. The highest BCUT2D eigenvalue weighted by Crippen LogP contribution is 2.11. The van der Waals surface area contributed by atoms with Gasteiger partial charge in [-0.3, -0.25) is 14.5 Å². The summed E-state index contributed by atoms with van der Waals surface area (Å²) in [5, 5.41) is 8.33. The molecule has 1 aliphatic heterocycles. The van der Waals surface area contributed by atoms with Gasteiger partial charge in [-0.25, -0.2) is 4.79 Å². The van der Waals surface area contributed by atoms with Crippen molar-refractivity contribution in [3.05, 3.63) is 35.4 Å². The van der Waals surface area contributed by atoms with Gasteiger partial charge >= 0.3 is 6.03 Å². The highest BCUT2D eigenvalue weighted by molar-refractivity contribution is 6.02. The van der Waals surface area contributed by atoms with Crippen LogP contribution in [-0.2, 0) is 11.3 Å². The molecule has 0 bridgehead atoms. The second kappa shape index (κ2) is 8.50. The zero-order chi connectivity index (χ0) is 16.1. The Hall–Kier alpha value is -2.12. The van der Waals surface area contributed by atoms with E-state index in [1.807, 2.05) is 14.0 Å². The molecule has 0 aliphatic carbocycles. The first-order valence-electron chi connectivity index (χ1n) is 7.14. The van der Waals surface area contributed by atoms with Gasteiger partial charge in [-0.1, -0.05) is 12.1 Å². The Bertz CT molecular complexity index is 578. The standard InChI is InChI=1S/C15H20N4O3.ClH/c1-10(16-2)7-17-14(21)12-5-3-4-11(6-12)9-19-13(20)8-18-15(19)22;/h3-6,10,16H,7-9H2,1-2H3,(H,17,21)(H,18,22);1H. The van der Waals surface area contributed by atoms with Gasteiger partial charge in [-0.05, 0) is 31.7 Å². The van der Waals surface area contributed by atoms with E-state index >= 15 is 0 Å². The quantitative estimate of drug-likeness (QED) is 0.658. The number of nitrogens with zero attached hydrogens (tertiary/aromatic N) is 1. The first-order valence-corrected chi connectivity index (χ1v) is 7.14. The molecule has 126 valence electrons. The maximum Gasteiger partial charge on any atom is 0.324 e. The van der Waals surface area contributed by atoms with Crippen molar-refractivity contribution in [3.8, 4) is 0 Å². The third-order valence-corrected chi connectivity index (χ3v) is 3.53. The van der Waals surface area contributed by atoms with Crippen LogP contribution in [0.15, 0.2) is 24.3 Å². The van der Waals surface area contributed by atoms with E-state index in [1.165, 1.54) is 0 Å². The van der Waals surface area contributed by atoms with Crippen molar-refractivity contribution in [2.75, 3.05) is 20.1 Å². The summed E-state index contributed by atoms with van der Waals surface area (Å²) >= 11 is 0. The van der Waals surface area contributed by atoms with Crippen LogP contribution in [0.2, 0.25) is 0 Å². The van der Waals surface area contributed by atoms with Crippen molar-refractivity contribution in [1.29, 1.82) is 0 Å². The summed E-state index contributed by atoms with van der Waals surface area (Å²) in [6.07, 6.45) is 0. The van der Waals surface area contributed by atoms with Crippen molar-refractivity contribution in [2.24, 2.45) is 0 Å². The molecule has 1 aliphatic rings. The molecule has 1 unspecified atom stereocenters. The molecule has 2 rings (SSSR count). The van der Waals surface area contributed by atoms with Crippen molar-refractivity contribution < 1.29 is 14.4 Å². The number of carbonyl (C=O) groups is 3. The summed E-state index contributed by atoms with van der Waals surface area (Å²) in [4.78, 5) is 36.3. The first-order chi connectivity index (χ1) is 10.5. The van der Waals surface area contributed by atoms with Gasteiger partial charge in [0.15, 0.2) is 0 Å². The minimum absolute atomic E-state index is 0. The summed E-state index contributed by atoms with van der Waals surface area (Å²) < 4.78 is 0. The highest BCUT2D eigenvalue weighted by atomic mass is 35.5. The van der Waals surface area contributed by atoms with E-state index < -0.39 is 6.03 Å². The number of likely N-dealkylation sites (N-methyl/N-ethyl adjacent to an activating group) is 1. The molecule has 7 nitrogen and oxygen atoms in total. The Balaban J connectivity index is 0.00000264. The third kappa shape index (κ3) is 4.94. The largest absolute Gasteiger partial charge is 0.350 e. The van der Waals surface area contributed by atoms with E-state index in [4.69, 9.17) is 0 Å². The number of hydrogen-bond acceptors (Lipinski definition) is 4. The van der Waals surface area contributed by atoms with Crippen LogP contribution in [0.1, 0.15) is 22.8 Å². The highest BCUT2D eigenvalue weighted by Gasteiger charge is 2.28. The average molecular weight is 341 g/mol. The monoisotopic (exact) mass is 340 g/mol. The predicted molar refractivity (Wildman–Crippen MR) is 88.5 cm³/mol. The minimum atomic E-state index is -0.400. The molecule has 1 saturated heterocycles. The van der Waals surface area contributed by atoms with Crippen LogP contribution in [0.4, 0.5) is 4.79 Å². The predicted octanol–water partition coefficient (Wildman–Crippen LogP) is 0.498. The van der Waals surface area contributed by atoms with Gasteiger partial charge in [0.25, 0.3) is 5.91 Å². The van der Waals surface area contributed by atoms with Gasteiger partial charge in [0.2, 0.25) is 5.91 Å². The van der Waals surface area contributed by atoms with Crippen molar-refractivity contribution in [1.82, 2.24) is 20.9 Å². The molecule has 1 aromatic carbocycles. The van der Waals surface area contributed by atoms with Gasteiger partial charge in [0.05, 0.1) is 13.1 Å². The Morgan fingerprint density at radius 1 is 1.39 bits per heavy atom. The topological polar surface area (TPSA) is 90.5 Å². The summed E-state index contributed by atoms with van der Waals surface area (Å²) in [5.74, 6) is -0.441. The van der Waals surface area contributed by atoms with Gasteiger partial charge < -0.3 is 16.0 Å². The van der Waals surface area contributed by atoms with Crippen LogP contribution in [0.25, 0.3) is 0 Å². The summed E-state index contributed by atoms with van der Waals surface area (Å²) in [7, 11) is 1.83. The van der Waals surface area contributed by atoms with E-state index in [2.05, 4.69) is 16.0 Å². The zero-order valence-electron chi connectivity index (χ0n) is 13.1. The fourth-order valence-corrected chi connectivity index (χ4v) is 2.06. The molecule has 1 atom stereocenters. The Morgan fingerprint density at radius 2 is 2.13 bits per heavy atom. The summed E-state index contributed by atoms with van der Waals surface area (Å²) in [5.41, 5.74) is 1.24. The van der Waals surface area contributed by atoms with Gasteiger partial charge in [0.1, 0.15) is 0 Å². The lowest BCUT2D eigenvalue weighted by molar-refractivity contribution is -0.125. The lowest BCUT2D eigenvalue weighted by atomic mass is 10.1. The maximum absolute atomic E-state index is 12.1. The van der Waals surface area contributed by atoms with E-state index in [9.17, 15) is 14.4 Å². The number of hydrogen-bond donors (Lipinski definition) is 3. The van der Waals surface area contributed by atoms with Gasteiger partial charge in [-0.2, -0.15) is 0 Å². The summed E-state index contributed by atoms with van der Waals surface area (Å²) in [6.45, 7) is 2.68. The molecule has 3 N–H and O–H groups in total. The molecule has 1 aromatic rings. The molecule has 0 saturated carbocycles. The number of carbonyl (C=O) groups excluding carboxylic acids is 3. The maximum atomic E-state index is 12.1. The number of amides is 4. The van der Waals surface area contributed by atoms with E-state index in [0.29, 0.717) is 12.1 Å². The number of urea groups is 1. The second-order valence-corrected chi connectivity index (χ2v) is 5.24. The Kier molecular flexibility index (Phi) is 6.99. The van der Waals surface area contributed by atoms with E-state index in [-0.39, 0.29) is 43.4 Å². The molecule has 0 aromatic heterocycles. The smallest absolute Gasteiger partial charge is 0.324 e. The molecule has 0 spiro atoms. The van der Waals surface area contributed by atoms with Crippen molar-refractivity contribution in [2.45, 2.75) is 19.5 Å². The number of rotatable bonds is 6. The molecule has 1 fully saturated rings. The molecular formula is C15H21ClN4O3. The molecule has 0 radical (unpaired) electrons. The van der Waals surface area contributed by atoms with Gasteiger partial charge in [0, 0.05) is 18.2 Å². The fourth-order valence-electron chi connectivity index (χ4n) is 2.06. The van der Waals surface area contributed by atoms with Crippen molar-refractivity contribution in [3.63, 3.8) is 0 Å². The normalized spacial score (nSPS) is 15.0. The fraction of sp³-hybridized carbons (Fsp3) is 0.400. The Labute approximate surface area is 141 Å². The lowest BCUT2D eigenvalue weighted by Gasteiger charge is -2.14. The number of imide groups is 1. The molecule has 1 heterocycles. The molecule has 8 heteroatoms. The Morgan fingerprint density at radius 3 is 2.74 bits per heavy atom. The van der Waals surface area contributed by atoms with Crippen LogP contribution in [-0.4, -0.2) is 48.9 Å². The summed E-state index contributed by atoms with van der Waals surface area (Å²) in [6, 6.07) is 6.70.